The Kier molecular flexibility index (Phi) is 6.01. The number of benzene rings is 1. The summed E-state index contributed by atoms with van der Waals surface area (Å²) in [5.41, 5.74) is 0.764. The fourth-order valence-electron chi connectivity index (χ4n) is 3.36. The van der Waals surface area contributed by atoms with E-state index in [1.165, 1.54) is 18.3 Å². The van der Waals surface area contributed by atoms with Crippen LogP contribution in [0.3, 0.4) is 0 Å². The molecule has 166 valence electrons. The second-order valence-corrected chi connectivity index (χ2v) is 13.4. The lowest BCUT2D eigenvalue weighted by Crippen LogP contribution is -2.23. The molecular weight excluding hydrogens is 458 g/mol. The molecule has 4 rings (SSSR count). The molecule has 2 heterocycles. The van der Waals surface area contributed by atoms with Crippen LogP contribution in [0.2, 0.25) is 0 Å². The van der Waals surface area contributed by atoms with Crippen molar-refractivity contribution in [2.45, 2.75) is 46.5 Å². The van der Waals surface area contributed by atoms with Crippen LogP contribution < -0.4 is 0 Å². The molecule has 8 nitrogen and oxygen atoms in total. The summed E-state index contributed by atoms with van der Waals surface area (Å²) in [5, 5.41) is 6.48. The Labute approximate surface area is 185 Å². The van der Waals surface area contributed by atoms with Gasteiger partial charge in [-0.05, 0) is 37.8 Å². The monoisotopic (exact) mass is 481 g/mol. The SMILES string of the molecule is CS(=O)(=O)c1cnc(CC(=O)/C(=N/N2CCCC2)c2ccc(S(=O)(=O)C3CC3)cc2)s1. The first kappa shape index (κ1) is 22.1. The molecule has 2 aliphatic rings. The summed E-state index contributed by atoms with van der Waals surface area (Å²) < 4.78 is 48.4. The maximum absolute atomic E-state index is 13.1. The molecule has 0 bridgehead atoms. The Balaban J connectivity index is 1.61. The Bertz CT molecular complexity index is 1220. The van der Waals surface area contributed by atoms with Crippen LogP contribution in [0.5, 0.6) is 0 Å². The molecule has 0 atom stereocenters. The van der Waals surface area contributed by atoms with E-state index in [-0.39, 0.29) is 32.3 Å². The van der Waals surface area contributed by atoms with Crippen molar-refractivity contribution in [3.05, 3.63) is 41.0 Å². The summed E-state index contributed by atoms with van der Waals surface area (Å²) in [6.45, 7) is 1.50. The zero-order valence-corrected chi connectivity index (χ0v) is 19.5. The zero-order valence-electron chi connectivity index (χ0n) is 17.0. The van der Waals surface area contributed by atoms with Crippen molar-refractivity contribution in [3.63, 3.8) is 0 Å². The first-order chi connectivity index (χ1) is 14.6. The van der Waals surface area contributed by atoms with Crippen molar-refractivity contribution in [1.82, 2.24) is 9.99 Å². The fourth-order valence-corrected chi connectivity index (χ4v) is 6.80. The van der Waals surface area contributed by atoms with Gasteiger partial charge < -0.3 is 0 Å². The van der Waals surface area contributed by atoms with Gasteiger partial charge in [0.25, 0.3) is 0 Å². The molecule has 0 N–H and O–H groups in total. The molecule has 2 aromatic rings. The van der Waals surface area contributed by atoms with Crippen LogP contribution in [0, 0.1) is 0 Å². The number of hydrazone groups is 1. The summed E-state index contributed by atoms with van der Waals surface area (Å²) in [4.78, 5) is 17.4. The highest BCUT2D eigenvalue weighted by molar-refractivity contribution is 7.92. The highest BCUT2D eigenvalue weighted by Gasteiger charge is 2.36. The minimum Gasteiger partial charge on any atom is -0.296 e. The van der Waals surface area contributed by atoms with Gasteiger partial charge in [-0.15, -0.1) is 11.3 Å². The van der Waals surface area contributed by atoms with Crippen molar-refractivity contribution in [2.75, 3.05) is 19.3 Å². The Hall–Kier alpha value is -2.11. The van der Waals surface area contributed by atoms with Crippen molar-refractivity contribution < 1.29 is 21.6 Å². The third-order valence-electron chi connectivity index (χ3n) is 5.22. The zero-order chi connectivity index (χ0) is 22.2. The van der Waals surface area contributed by atoms with Crippen LogP contribution >= 0.6 is 11.3 Å². The summed E-state index contributed by atoms with van der Waals surface area (Å²) in [5.74, 6) is -0.292. The van der Waals surface area contributed by atoms with E-state index in [0.29, 0.717) is 23.4 Å². The second-order valence-electron chi connectivity index (χ2n) is 7.82. The fraction of sp³-hybridized carbons (Fsp3) is 0.450. The third kappa shape index (κ3) is 5.04. The molecule has 1 saturated heterocycles. The lowest BCUT2D eigenvalue weighted by Gasteiger charge is -2.14. The van der Waals surface area contributed by atoms with Crippen LogP contribution in [0.25, 0.3) is 0 Å². The van der Waals surface area contributed by atoms with E-state index in [9.17, 15) is 21.6 Å². The minimum atomic E-state index is -3.38. The molecule has 0 spiro atoms. The summed E-state index contributed by atoms with van der Waals surface area (Å²) in [6.07, 6.45) is 5.65. The van der Waals surface area contributed by atoms with Crippen molar-refractivity contribution in [2.24, 2.45) is 5.10 Å². The number of nitrogens with zero attached hydrogens (tertiary/aromatic N) is 3. The normalized spacial score (nSPS) is 17.8. The minimum absolute atomic E-state index is 0.0744. The van der Waals surface area contributed by atoms with E-state index < -0.39 is 19.7 Å². The molecule has 1 aromatic heterocycles. The van der Waals surface area contributed by atoms with E-state index >= 15 is 0 Å². The van der Waals surface area contributed by atoms with E-state index in [0.717, 1.165) is 43.5 Å². The first-order valence-corrected chi connectivity index (χ1v) is 14.3. The van der Waals surface area contributed by atoms with E-state index in [1.54, 1.807) is 12.1 Å². The molecule has 0 unspecified atom stereocenters. The predicted octanol–water partition coefficient (Wildman–Crippen LogP) is 2.09. The summed E-state index contributed by atoms with van der Waals surface area (Å²) >= 11 is 0.972. The number of aromatic nitrogens is 1. The Morgan fingerprint density at radius 1 is 1.13 bits per heavy atom. The smallest absolute Gasteiger partial charge is 0.190 e. The van der Waals surface area contributed by atoms with Crippen molar-refractivity contribution in [1.29, 1.82) is 0 Å². The molecular formula is C20H23N3O5S3. The summed E-state index contributed by atoms with van der Waals surface area (Å²) in [7, 11) is -6.69. The number of sulfone groups is 2. The van der Waals surface area contributed by atoms with Gasteiger partial charge >= 0.3 is 0 Å². The lowest BCUT2D eigenvalue weighted by molar-refractivity contribution is -0.112. The number of hydrogen-bond acceptors (Lipinski definition) is 9. The molecule has 1 aliphatic carbocycles. The van der Waals surface area contributed by atoms with Gasteiger partial charge in [0.1, 0.15) is 14.9 Å². The Morgan fingerprint density at radius 2 is 1.77 bits per heavy atom. The largest absolute Gasteiger partial charge is 0.296 e. The maximum Gasteiger partial charge on any atom is 0.190 e. The average molecular weight is 482 g/mol. The topological polar surface area (TPSA) is 114 Å². The number of carbonyl (C=O) groups is 1. The predicted molar refractivity (Wildman–Crippen MR) is 118 cm³/mol. The molecule has 1 aliphatic heterocycles. The van der Waals surface area contributed by atoms with Crippen LogP contribution in [-0.4, -0.2) is 62.9 Å². The van der Waals surface area contributed by atoms with Crippen LogP contribution in [0.15, 0.2) is 44.7 Å². The van der Waals surface area contributed by atoms with Gasteiger partial charge in [-0.25, -0.2) is 21.8 Å². The van der Waals surface area contributed by atoms with Gasteiger partial charge in [0, 0.05) is 24.9 Å². The second kappa shape index (κ2) is 8.44. The standard InChI is InChI=1S/C20H23N3O5S3/c1-30(25,26)19-13-21-18(29-19)12-17(24)20(22-23-10-2-3-11-23)14-4-6-15(7-5-14)31(27,28)16-8-9-16/h4-7,13,16H,2-3,8-12H2,1H3/b22-20+. The van der Waals surface area contributed by atoms with Crippen molar-refractivity contribution in [3.8, 4) is 0 Å². The van der Waals surface area contributed by atoms with Gasteiger partial charge in [-0.1, -0.05) is 12.1 Å². The van der Waals surface area contributed by atoms with Crippen LogP contribution in [-0.2, 0) is 30.9 Å². The maximum atomic E-state index is 13.1. The molecule has 11 heteroatoms. The number of carbonyl (C=O) groups excluding carboxylic acids is 1. The lowest BCUT2D eigenvalue weighted by atomic mass is 10.0. The van der Waals surface area contributed by atoms with E-state index in [1.807, 2.05) is 5.01 Å². The van der Waals surface area contributed by atoms with Crippen LogP contribution in [0.4, 0.5) is 0 Å². The Morgan fingerprint density at radius 3 is 2.32 bits per heavy atom. The van der Waals surface area contributed by atoms with Gasteiger partial charge in [0.15, 0.2) is 25.5 Å². The average Bonchev–Trinajstić information content (AvgIpc) is 3.26. The molecule has 1 saturated carbocycles. The number of thiazole rings is 1. The quantitative estimate of drug-likeness (QED) is 0.531. The molecule has 0 radical (unpaired) electrons. The molecule has 0 amide bonds. The highest BCUT2D eigenvalue weighted by Crippen LogP contribution is 2.33. The number of rotatable bonds is 8. The molecule has 1 aromatic carbocycles. The number of hydrogen-bond donors (Lipinski definition) is 0. The van der Waals surface area contributed by atoms with Gasteiger partial charge in [-0.3, -0.25) is 9.80 Å². The number of Topliss-reactive ketones (excluding diaryl/α,β-unsaturated/α-hetero) is 1. The highest BCUT2D eigenvalue weighted by atomic mass is 32.2. The van der Waals surface area contributed by atoms with E-state index in [2.05, 4.69) is 10.1 Å². The van der Waals surface area contributed by atoms with Crippen LogP contribution in [0.1, 0.15) is 36.3 Å². The van der Waals surface area contributed by atoms with Gasteiger partial charge in [0.05, 0.1) is 22.8 Å². The molecule has 31 heavy (non-hydrogen) atoms. The third-order valence-corrected chi connectivity index (χ3v) is 10.3. The van der Waals surface area contributed by atoms with Crippen molar-refractivity contribution >= 4 is 42.5 Å². The van der Waals surface area contributed by atoms with Gasteiger partial charge in [-0.2, -0.15) is 5.10 Å². The number of ketones is 1. The van der Waals surface area contributed by atoms with Gasteiger partial charge in [0.2, 0.25) is 0 Å². The van der Waals surface area contributed by atoms with E-state index in [4.69, 9.17) is 0 Å². The first-order valence-electron chi connectivity index (χ1n) is 10.0. The molecule has 2 fully saturated rings. The summed E-state index contributed by atoms with van der Waals surface area (Å²) in [6, 6.07) is 6.29.